The highest BCUT2D eigenvalue weighted by Gasteiger charge is 1.99. The highest BCUT2D eigenvalue weighted by Crippen LogP contribution is 2.05. The van der Waals surface area contributed by atoms with E-state index in [2.05, 4.69) is 11.6 Å². The number of nitrogens with two attached hydrogens (primary N) is 1. The van der Waals surface area contributed by atoms with Crippen LogP contribution in [0.5, 0.6) is 0 Å². The van der Waals surface area contributed by atoms with Crippen molar-refractivity contribution in [2.45, 2.75) is 6.04 Å². The standard InChI is InChI=1S/C8H10N2O/c1-2-7(9)6-3-4-10-8(11)5-6/h2-5,7H,1,9H2,(H,10,11). The predicted molar refractivity (Wildman–Crippen MR) is 44.2 cm³/mol. The molecule has 0 saturated carbocycles. The van der Waals surface area contributed by atoms with Crippen LogP contribution in [-0.2, 0) is 0 Å². The minimum Gasteiger partial charge on any atom is -0.329 e. The summed E-state index contributed by atoms with van der Waals surface area (Å²) in [7, 11) is 0. The fraction of sp³-hybridized carbons (Fsp3) is 0.125. The summed E-state index contributed by atoms with van der Waals surface area (Å²) in [4.78, 5) is 13.3. The Labute approximate surface area is 64.6 Å². The average Bonchev–Trinajstić information content (AvgIpc) is 2.03. The monoisotopic (exact) mass is 150 g/mol. The van der Waals surface area contributed by atoms with Gasteiger partial charge in [-0.15, -0.1) is 6.58 Å². The number of aromatic amines is 1. The first-order chi connectivity index (χ1) is 5.24. The Hall–Kier alpha value is -1.35. The van der Waals surface area contributed by atoms with Crippen LogP contribution in [0, 0.1) is 0 Å². The first kappa shape index (κ1) is 7.75. The second-order valence-corrected chi connectivity index (χ2v) is 2.25. The molecule has 0 aromatic carbocycles. The maximum Gasteiger partial charge on any atom is 0.248 e. The lowest BCUT2D eigenvalue weighted by Gasteiger charge is -2.03. The van der Waals surface area contributed by atoms with Crippen LogP contribution in [-0.4, -0.2) is 4.98 Å². The van der Waals surface area contributed by atoms with Gasteiger partial charge in [-0.2, -0.15) is 0 Å². The first-order valence-corrected chi connectivity index (χ1v) is 3.31. The number of hydrogen-bond acceptors (Lipinski definition) is 2. The molecule has 3 nitrogen and oxygen atoms in total. The topological polar surface area (TPSA) is 58.9 Å². The molecule has 3 N–H and O–H groups in total. The number of rotatable bonds is 2. The van der Waals surface area contributed by atoms with E-state index in [0.29, 0.717) is 0 Å². The zero-order chi connectivity index (χ0) is 8.27. The van der Waals surface area contributed by atoms with Gasteiger partial charge < -0.3 is 10.7 Å². The highest BCUT2D eigenvalue weighted by molar-refractivity contribution is 5.18. The molecule has 1 rings (SSSR count). The second kappa shape index (κ2) is 3.16. The summed E-state index contributed by atoms with van der Waals surface area (Å²) in [6, 6.07) is 2.97. The maximum absolute atomic E-state index is 10.8. The van der Waals surface area contributed by atoms with Crippen molar-refractivity contribution in [3.05, 3.63) is 46.9 Å². The summed E-state index contributed by atoms with van der Waals surface area (Å²) >= 11 is 0. The summed E-state index contributed by atoms with van der Waals surface area (Å²) in [6.45, 7) is 3.53. The third-order valence-corrected chi connectivity index (χ3v) is 1.44. The van der Waals surface area contributed by atoms with Crippen LogP contribution in [0.1, 0.15) is 11.6 Å². The molecule has 0 amide bonds. The quantitative estimate of drug-likeness (QED) is 0.605. The molecule has 1 atom stereocenters. The highest BCUT2D eigenvalue weighted by atomic mass is 16.1. The van der Waals surface area contributed by atoms with Crippen LogP contribution < -0.4 is 11.3 Å². The van der Waals surface area contributed by atoms with Gasteiger partial charge in [-0.05, 0) is 11.6 Å². The fourth-order valence-corrected chi connectivity index (χ4v) is 0.805. The molecule has 0 radical (unpaired) electrons. The van der Waals surface area contributed by atoms with E-state index in [1.54, 1.807) is 18.3 Å². The zero-order valence-corrected chi connectivity index (χ0v) is 6.08. The zero-order valence-electron chi connectivity index (χ0n) is 6.08. The van der Waals surface area contributed by atoms with Crippen molar-refractivity contribution in [1.29, 1.82) is 0 Å². The first-order valence-electron chi connectivity index (χ1n) is 3.31. The Morgan fingerprint density at radius 2 is 2.45 bits per heavy atom. The van der Waals surface area contributed by atoms with E-state index in [1.807, 2.05) is 0 Å². The molecule has 1 heterocycles. The van der Waals surface area contributed by atoms with Crippen LogP contribution in [0.15, 0.2) is 35.8 Å². The van der Waals surface area contributed by atoms with E-state index in [-0.39, 0.29) is 11.6 Å². The lowest BCUT2D eigenvalue weighted by Crippen LogP contribution is -2.11. The van der Waals surface area contributed by atoms with Gasteiger partial charge in [0.15, 0.2) is 0 Å². The summed E-state index contributed by atoms with van der Waals surface area (Å²) in [6.07, 6.45) is 3.16. The molecule has 1 aromatic heterocycles. The predicted octanol–water partition coefficient (Wildman–Crippen LogP) is 0.561. The van der Waals surface area contributed by atoms with E-state index in [1.165, 1.54) is 6.07 Å². The normalized spacial score (nSPS) is 12.5. The van der Waals surface area contributed by atoms with Gasteiger partial charge in [0.1, 0.15) is 0 Å². The van der Waals surface area contributed by atoms with E-state index < -0.39 is 0 Å². The Bertz CT molecular complexity index is 303. The van der Waals surface area contributed by atoms with Crippen LogP contribution in [0.4, 0.5) is 0 Å². The molecule has 1 aromatic rings. The van der Waals surface area contributed by atoms with Gasteiger partial charge >= 0.3 is 0 Å². The lowest BCUT2D eigenvalue weighted by molar-refractivity contribution is 0.905. The maximum atomic E-state index is 10.8. The van der Waals surface area contributed by atoms with Crippen LogP contribution in [0.2, 0.25) is 0 Å². The van der Waals surface area contributed by atoms with Crippen molar-refractivity contribution in [3.8, 4) is 0 Å². The smallest absolute Gasteiger partial charge is 0.248 e. The molecule has 0 saturated heterocycles. The van der Waals surface area contributed by atoms with Crippen molar-refractivity contribution >= 4 is 0 Å². The second-order valence-electron chi connectivity index (χ2n) is 2.25. The molecule has 0 aliphatic rings. The van der Waals surface area contributed by atoms with Gasteiger partial charge in [0.05, 0.1) is 0 Å². The van der Waals surface area contributed by atoms with Gasteiger partial charge in [-0.1, -0.05) is 6.08 Å². The number of aromatic nitrogens is 1. The summed E-state index contributed by atoms with van der Waals surface area (Å²) in [5, 5.41) is 0. The molecule has 1 unspecified atom stereocenters. The van der Waals surface area contributed by atoms with Crippen LogP contribution in [0.3, 0.4) is 0 Å². The largest absolute Gasteiger partial charge is 0.329 e. The third kappa shape index (κ3) is 1.78. The molecular formula is C8H10N2O. The van der Waals surface area contributed by atoms with Gasteiger partial charge in [0.25, 0.3) is 0 Å². The molecule has 3 heteroatoms. The number of nitrogens with one attached hydrogen (secondary N) is 1. The minimum absolute atomic E-state index is 0.139. The molecule has 0 bridgehead atoms. The minimum atomic E-state index is -0.253. The van der Waals surface area contributed by atoms with Crippen molar-refractivity contribution in [2.75, 3.05) is 0 Å². The van der Waals surface area contributed by atoms with Crippen molar-refractivity contribution < 1.29 is 0 Å². The van der Waals surface area contributed by atoms with E-state index in [9.17, 15) is 4.79 Å². The Balaban J connectivity index is 3.05. The summed E-state index contributed by atoms with van der Waals surface area (Å²) in [5.41, 5.74) is 6.23. The van der Waals surface area contributed by atoms with Crippen molar-refractivity contribution in [2.24, 2.45) is 5.73 Å². The fourth-order valence-electron chi connectivity index (χ4n) is 0.805. The van der Waals surface area contributed by atoms with E-state index >= 15 is 0 Å². The molecule has 0 fully saturated rings. The van der Waals surface area contributed by atoms with Gasteiger partial charge in [0, 0.05) is 18.3 Å². The van der Waals surface area contributed by atoms with Crippen molar-refractivity contribution in [3.63, 3.8) is 0 Å². The van der Waals surface area contributed by atoms with Crippen LogP contribution >= 0.6 is 0 Å². The third-order valence-electron chi connectivity index (χ3n) is 1.44. The number of H-pyrrole nitrogens is 1. The summed E-state index contributed by atoms with van der Waals surface area (Å²) < 4.78 is 0. The van der Waals surface area contributed by atoms with Gasteiger partial charge in [-0.3, -0.25) is 4.79 Å². The van der Waals surface area contributed by atoms with Crippen molar-refractivity contribution in [1.82, 2.24) is 4.98 Å². The van der Waals surface area contributed by atoms with Crippen LogP contribution in [0.25, 0.3) is 0 Å². The molecule has 0 spiro atoms. The van der Waals surface area contributed by atoms with E-state index in [4.69, 9.17) is 5.73 Å². The Kier molecular flexibility index (Phi) is 2.23. The summed E-state index contributed by atoms with van der Waals surface area (Å²) in [5.74, 6) is 0. The number of hydrogen-bond donors (Lipinski definition) is 2. The van der Waals surface area contributed by atoms with E-state index in [0.717, 1.165) is 5.56 Å². The number of pyridine rings is 1. The van der Waals surface area contributed by atoms with Gasteiger partial charge in [-0.25, -0.2) is 0 Å². The molecule has 0 aliphatic carbocycles. The van der Waals surface area contributed by atoms with Gasteiger partial charge in [0.2, 0.25) is 5.56 Å². The Morgan fingerprint density at radius 3 is 3.00 bits per heavy atom. The molecule has 11 heavy (non-hydrogen) atoms. The lowest BCUT2D eigenvalue weighted by atomic mass is 10.1. The SMILES string of the molecule is C=CC(N)c1cc[nH]c(=O)c1. The average molecular weight is 150 g/mol. The molecule has 58 valence electrons. The molecular weight excluding hydrogens is 140 g/mol. The Morgan fingerprint density at radius 1 is 1.73 bits per heavy atom. The molecule has 0 aliphatic heterocycles.